The maximum absolute atomic E-state index is 13.0. The van der Waals surface area contributed by atoms with Gasteiger partial charge in [0.2, 0.25) is 5.82 Å². The highest BCUT2D eigenvalue weighted by Crippen LogP contribution is 2.22. The van der Waals surface area contributed by atoms with Gasteiger partial charge in [-0.25, -0.2) is 14.0 Å². The van der Waals surface area contributed by atoms with Crippen LogP contribution in [-0.4, -0.2) is 21.4 Å². The van der Waals surface area contributed by atoms with Gasteiger partial charge in [0, 0.05) is 0 Å². The van der Waals surface area contributed by atoms with Crippen molar-refractivity contribution in [2.24, 2.45) is 4.99 Å². The van der Waals surface area contributed by atoms with Gasteiger partial charge in [0.05, 0.1) is 10.7 Å². The standard InChI is InChI=1S/C9H7ClFN5O2S/c10-5-3-4(1-2-6(5)11)12-8(13-17)7-9(16-19)15-18-14-7/h1-3,17,19H,(H,12,13)(H,15,16). The van der Waals surface area contributed by atoms with E-state index < -0.39 is 5.82 Å². The number of nitrogens with zero attached hydrogens (tertiary/aromatic N) is 3. The van der Waals surface area contributed by atoms with Gasteiger partial charge in [0.25, 0.3) is 0 Å². The Hall–Kier alpha value is -1.84. The number of aromatic nitrogens is 2. The minimum absolute atomic E-state index is 0.0690. The second-order valence-electron chi connectivity index (χ2n) is 3.24. The van der Waals surface area contributed by atoms with Gasteiger partial charge in [-0.2, -0.15) is 0 Å². The predicted molar refractivity (Wildman–Crippen MR) is 69.4 cm³/mol. The lowest BCUT2D eigenvalue weighted by Gasteiger charge is -2.02. The van der Waals surface area contributed by atoms with Crippen LogP contribution < -0.4 is 10.2 Å². The third-order valence-electron chi connectivity index (χ3n) is 2.07. The zero-order chi connectivity index (χ0) is 13.8. The molecule has 10 heteroatoms. The van der Waals surface area contributed by atoms with Crippen molar-refractivity contribution < 1.29 is 14.2 Å². The predicted octanol–water partition coefficient (Wildman–Crippen LogP) is 2.18. The Morgan fingerprint density at radius 2 is 2.26 bits per heavy atom. The summed E-state index contributed by atoms with van der Waals surface area (Å²) in [6, 6.07) is 3.81. The highest BCUT2D eigenvalue weighted by molar-refractivity contribution is 7.81. The third-order valence-corrected chi connectivity index (χ3v) is 2.57. The number of halogens is 2. The zero-order valence-electron chi connectivity index (χ0n) is 9.13. The molecule has 0 spiro atoms. The smallest absolute Gasteiger partial charge is 0.211 e. The molecule has 1 aromatic heterocycles. The maximum Gasteiger partial charge on any atom is 0.211 e. The summed E-state index contributed by atoms with van der Waals surface area (Å²) in [7, 11) is 0. The zero-order valence-corrected chi connectivity index (χ0v) is 10.8. The Kier molecular flexibility index (Phi) is 4.20. The van der Waals surface area contributed by atoms with Crippen LogP contribution in [0.4, 0.5) is 15.9 Å². The molecular formula is C9H7ClFN5O2S. The molecule has 1 heterocycles. The lowest BCUT2D eigenvalue weighted by atomic mass is 10.3. The van der Waals surface area contributed by atoms with E-state index >= 15 is 0 Å². The molecular weight excluding hydrogens is 297 g/mol. The van der Waals surface area contributed by atoms with Crippen LogP contribution in [0.1, 0.15) is 5.69 Å². The molecule has 19 heavy (non-hydrogen) atoms. The summed E-state index contributed by atoms with van der Waals surface area (Å²) in [5.41, 5.74) is 2.24. The monoisotopic (exact) mass is 303 g/mol. The number of hydrogen-bond donors (Lipinski definition) is 4. The lowest BCUT2D eigenvalue weighted by molar-refractivity contribution is 0.234. The van der Waals surface area contributed by atoms with Crippen molar-refractivity contribution in [2.45, 2.75) is 0 Å². The Morgan fingerprint density at radius 3 is 2.89 bits per heavy atom. The third kappa shape index (κ3) is 2.95. The highest BCUT2D eigenvalue weighted by atomic mass is 35.5. The number of thiol groups is 1. The van der Waals surface area contributed by atoms with E-state index in [0.717, 1.165) is 6.07 Å². The Balaban J connectivity index is 2.41. The molecule has 0 saturated heterocycles. The van der Waals surface area contributed by atoms with Crippen molar-refractivity contribution in [1.29, 1.82) is 0 Å². The van der Waals surface area contributed by atoms with Gasteiger partial charge in [-0.3, -0.25) is 10.7 Å². The van der Waals surface area contributed by atoms with E-state index in [4.69, 9.17) is 16.8 Å². The molecule has 1 aromatic carbocycles. The van der Waals surface area contributed by atoms with Crippen molar-refractivity contribution in [2.75, 3.05) is 4.72 Å². The number of nitrogens with one attached hydrogen (secondary N) is 2. The van der Waals surface area contributed by atoms with Crippen molar-refractivity contribution in [1.82, 2.24) is 15.8 Å². The van der Waals surface area contributed by atoms with E-state index in [9.17, 15) is 4.39 Å². The summed E-state index contributed by atoms with van der Waals surface area (Å²) in [4.78, 5) is 4.00. The molecule has 0 fully saturated rings. The van der Waals surface area contributed by atoms with Crippen LogP contribution in [0.2, 0.25) is 5.02 Å². The summed E-state index contributed by atoms with van der Waals surface area (Å²) in [5, 5.41) is 16.0. The fraction of sp³-hybridized carbons (Fsp3) is 0. The number of rotatable bonds is 3. The molecule has 0 bridgehead atoms. The van der Waals surface area contributed by atoms with Crippen LogP contribution in [0.15, 0.2) is 27.8 Å². The average molecular weight is 304 g/mol. The van der Waals surface area contributed by atoms with Gasteiger partial charge in [0.1, 0.15) is 5.82 Å². The first-order chi connectivity index (χ1) is 9.15. The van der Waals surface area contributed by atoms with E-state index in [1.807, 2.05) is 5.48 Å². The fourth-order valence-electron chi connectivity index (χ4n) is 1.23. The topological polar surface area (TPSA) is 95.6 Å². The Morgan fingerprint density at radius 1 is 1.47 bits per heavy atom. The first kappa shape index (κ1) is 13.6. The Labute approximate surface area is 116 Å². The SMILES string of the molecule is ONC(=Nc1ccc(F)c(Cl)c1)c1nonc1NS. The summed E-state index contributed by atoms with van der Waals surface area (Å²) >= 11 is 9.41. The lowest BCUT2D eigenvalue weighted by Crippen LogP contribution is -2.21. The number of amidine groups is 1. The van der Waals surface area contributed by atoms with Gasteiger partial charge in [-0.05, 0) is 28.5 Å². The van der Waals surface area contributed by atoms with Crippen LogP contribution in [0.25, 0.3) is 0 Å². The van der Waals surface area contributed by atoms with E-state index in [0.29, 0.717) is 5.69 Å². The molecule has 0 aliphatic heterocycles. The van der Waals surface area contributed by atoms with Crippen molar-refractivity contribution in [3.05, 3.63) is 34.7 Å². The second kappa shape index (κ2) is 5.87. The quantitative estimate of drug-likeness (QED) is 0.300. The largest absolute Gasteiger partial charge is 0.312 e. The number of hydrogen-bond acceptors (Lipinski definition) is 7. The molecule has 100 valence electrons. The van der Waals surface area contributed by atoms with Gasteiger partial charge >= 0.3 is 0 Å². The maximum atomic E-state index is 13.0. The summed E-state index contributed by atoms with van der Waals surface area (Å²) in [6.45, 7) is 0. The van der Waals surface area contributed by atoms with Gasteiger partial charge < -0.3 is 4.72 Å². The normalized spacial score (nSPS) is 11.5. The number of benzene rings is 1. The molecule has 7 nitrogen and oxygen atoms in total. The summed E-state index contributed by atoms with van der Waals surface area (Å²) < 4.78 is 19.9. The molecule has 0 saturated carbocycles. The minimum atomic E-state index is -0.569. The van der Waals surface area contributed by atoms with E-state index in [2.05, 4.69) is 37.5 Å². The van der Waals surface area contributed by atoms with Gasteiger partial charge in [-0.15, -0.1) is 0 Å². The van der Waals surface area contributed by atoms with E-state index in [1.165, 1.54) is 12.1 Å². The first-order valence-corrected chi connectivity index (χ1v) is 5.65. The average Bonchev–Trinajstić information content (AvgIpc) is 2.88. The molecule has 2 aromatic rings. The highest BCUT2D eigenvalue weighted by Gasteiger charge is 2.15. The van der Waals surface area contributed by atoms with Crippen molar-refractivity contribution >= 4 is 41.8 Å². The summed E-state index contributed by atoms with van der Waals surface area (Å²) in [5.74, 6) is -0.489. The van der Waals surface area contributed by atoms with Crippen LogP contribution in [0.5, 0.6) is 0 Å². The van der Waals surface area contributed by atoms with Gasteiger partial charge in [0.15, 0.2) is 11.5 Å². The molecule has 0 amide bonds. The second-order valence-corrected chi connectivity index (χ2v) is 3.87. The van der Waals surface area contributed by atoms with Crippen LogP contribution >= 0.6 is 24.4 Å². The van der Waals surface area contributed by atoms with Crippen molar-refractivity contribution in [3.63, 3.8) is 0 Å². The molecule has 0 atom stereocenters. The van der Waals surface area contributed by atoms with Crippen LogP contribution in [0, 0.1) is 5.82 Å². The minimum Gasteiger partial charge on any atom is -0.312 e. The molecule has 3 N–H and O–H groups in total. The van der Waals surface area contributed by atoms with Gasteiger partial charge in [-0.1, -0.05) is 24.4 Å². The molecule has 0 aliphatic rings. The molecule has 0 unspecified atom stereocenters. The van der Waals surface area contributed by atoms with E-state index in [1.54, 1.807) is 0 Å². The Bertz CT molecular complexity index is 620. The number of anilines is 1. The number of aliphatic imine (C=N–C) groups is 1. The van der Waals surface area contributed by atoms with E-state index in [-0.39, 0.29) is 22.4 Å². The molecule has 2 rings (SSSR count). The molecule has 0 aliphatic carbocycles. The molecule has 0 radical (unpaired) electrons. The van der Waals surface area contributed by atoms with Crippen LogP contribution in [0.3, 0.4) is 0 Å². The number of hydroxylamine groups is 1. The first-order valence-electron chi connectivity index (χ1n) is 4.82. The summed E-state index contributed by atoms with van der Waals surface area (Å²) in [6.07, 6.45) is 0. The van der Waals surface area contributed by atoms with Crippen LogP contribution in [-0.2, 0) is 0 Å². The van der Waals surface area contributed by atoms with Crippen molar-refractivity contribution in [3.8, 4) is 0 Å². The fourth-order valence-corrected chi connectivity index (χ4v) is 1.55.